The lowest BCUT2D eigenvalue weighted by molar-refractivity contribution is 0.0941. The minimum atomic E-state index is -0.0906. The maximum Gasteiger partial charge on any atom is 0.270 e. The van der Waals surface area contributed by atoms with Crippen molar-refractivity contribution in [3.05, 3.63) is 53.5 Å². The van der Waals surface area contributed by atoms with Crippen molar-refractivity contribution in [2.75, 3.05) is 11.9 Å². The van der Waals surface area contributed by atoms with E-state index in [0.29, 0.717) is 11.6 Å². The Kier molecular flexibility index (Phi) is 6.82. The first kappa shape index (κ1) is 19.4. The number of carbonyl (C=O) groups is 1. The van der Waals surface area contributed by atoms with Gasteiger partial charge in [0.1, 0.15) is 5.69 Å². The Morgan fingerprint density at radius 2 is 1.96 bits per heavy atom. The summed E-state index contributed by atoms with van der Waals surface area (Å²) < 4.78 is 0. The predicted octanol–water partition coefficient (Wildman–Crippen LogP) is 5.99. The van der Waals surface area contributed by atoms with Crippen LogP contribution in [0.5, 0.6) is 0 Å². The summed E-state index contributed by atoms with van der Waals surface area (Å²) in [6, 6.07) is 14.4. The van der Waals surface area contributed by atoms with Crippen molar-refractivity contribution >= 4 is 38.8 Å². The van der Waals surface area contributed by atoms with E-state index >= 15 is 0 Å². The molecule has 0 saturated carbocycles. The van der Waals surface area contributed by atoms with Gasteiger partial charge in [0.25, 0.3) is 5.91 Å². The number of rotatable bonds is 9. The fraction of sp³-hybridized carbons (Fsp3) is 0.364. The zero-order chi connectivity index (χ0) is 19.1. The summed E-state index contributed by atoms with van der Waals surface area (Å²) in [7, 11) is 0. The molecule has 1 unspecified atom stereocenters. The SMILES string of the molecule is CCCCC(CC)CNC(=O)c1csc(Nc2cccc3ccccc23)n1. The summed E-state index contributed by atoms with van der Waals surface area (Å²) in [6.45, 7) is 5.10. The molecule has 1 amide bonds. The van der Waals surface area contributed by atoms with E-state index in [9.17, 15) is 4.79 Å². The first-order chi connectivity index (χ1) is 13.2. The van der Waals surface area contributed by atoms with Crippen LogP contribution in [-0.2, 0) is 0 Å². The van der Waals surface area contributed by atoms with E-state index in [1.54, 1.807) is 0 Å². The number of fused-ring (bicyclic) bond motifs is 1. The molecular weight excluding hydrogens is 354 g/mol. The average Bonchev–Trinajstić information content (AvgIpc) is 3.17. The summed E-state index contributed by atoms with van der Waals surface area (Å²) in [4.78, 5) is 16.9. The lowest BCUT2D eigenvalue weighted by Crippen LogP contribution is -2.29. The summed E-state index contributed by atoms with van der Waals surface area (Å²) in [5.41, 5.74) is 1.48. The van der Waals surface area contributed by atoms with E-state index in [4.69, 9.17) is 0 Å². The molecule has 3 aromatic rings. The molecule has 1 aromatic heterocycles. The van der Waals surface area contributed by atoms with Crippen LogP contribution in [0.25, 0.3) is 10.8 Å². The second kappa shape index (κ2) is 9.51. The lowest BCUT2D eigenvalue weighted by atomic mass is 9.99. The number of unbranched alkanes of at least 4 members (excludes halogenated alkanes) is 1. The zero-order valence-corrected chi connectivity index (χ0v) is 16.8. The maximum absolute atomic E-state index is 12.4. The molecule has 4 nitrogen and oxygen atoms in total. The van der Waals surface area contributed by atoms with Gasteiger partial charge in [0, 0.05) is 23.0 Å². The molecule has 27 heavy (non-hydrogen) atoms. The Hall–Kier alpha value is -2.40. The highest BCUT2D eigenvalue weighted by Crippen LogP contribution is 2.27. The van der Waals surface area contributed by atoms with E-state index in [2.05, 4.69) is 47.7 Å². The largest absolute Gasteiger partial charge is 0.350 e. The van der Waals surface area contributed by atoms with E-state index in [-0.39, 0.29) is 5.91 Å². The van der Waals surface area contributed by atoms with Gasteiger partial charge in [-0.2, -0.15) is 0 Å². The molecule has 0 aliphatic heterocycles. The van der Waals surface area contributed by atoms with Gasteiger partial charge in [0.2, 0.25) is 0 Å². The summed E-state index contributed by atoms with van der Waals surface area (Å²) in [5.74, 6) is 0.452. The van der Waals surface area contributed by atoms with Crippen LogP contribution in [0, 0.1) is 5.92 Å². The predicted molar refractivity (Wildman–Crippen MR) is 115 cm³/mol. The molecule has 142 valence electrons. The molecule has 0 aliphatic rings. The molecule has 0 spiro atoms. The number of benzene rings is 2. The summed E-state index contributed by atoms with van der Waals surface area (Å²) >= 11 is 1.45. The highest BCUT2D eigenvalue weighted by Gasteiger charge is 2.13. The third kappa shape index (κ3) is 5.07. The zero-order valence-electron chi connectivity index (χ0n) is 16.0. The number of nitrogens with zero attached hydrogens (tertiary/aromatic N) is 1. The normalized spacial score (nSPS) is 12.1. The van der Waals surface area contributed by atoms with Crippen LogP contribution in [0.3, 0.4) is 0 Å². The minimum Gasteiger partial charge on any atom is -0.350 e. The van der Waals surface area contributed by atoms with Gasteiger partial charge in [-0.3, -0.25) is 4.79 Å². The van der Waals surface area contributed by atoms with Crippen molar-refractivity contribution < 1.29 is 4.79 Å². The van der Waals surface area contributed by atoms with Crippen LogP contribution in [-0.4, -0.2) is 17.4 Å². The minimum absolute atomic E-state index is 0.0906. The molecule has 3 rings (SSSR count). The summed E-state index contributed by atoms with van der Waals surface area (Å²) in [5, 5.41) is 11.3. The van der Waals surface area contributed by atoms with Crippen molar-refractivity contribution in [1.29, 1.82) is 0 Å². The van der Waals surface area contributed by atoms with E-state index in [1.165, 1.54) is 29.6 Å². The lowest BCUT2D eigenvalue weighted by Gasteiger charge is -2.14. The highest BCUT2D eigenvalue weighted by molar-refractivity contribution is 7.14. The Bertz CT molecular complexity index is 885. The van der Waals surface area contributed by atoms with Crippen molar-refractivity contribution in [3.63, 3.8) is 0 Å². The molecule has 2 aromatic carbocycles. The molecule has 1 atom stereocenters. The van der Waals surface area contributed by atoms with Gasteiger partial charge in [-0.05, 0) is 23.8 Å². The van der Waals surface area contributed by atoms with Crippen molar-refractivity contribution in [2.24, 2.45) is 5.92 Å². The Morgan fingerprint density at radius 3 is 2.78 bits per heavy atom. The second-order valence-electron chi connectivity index (χ2n) is 6.82. The van der Waals surface area contributed by atoms with E-state index in [1.807, 2.05) is 29.6 Å². The number of carbonyl (C=O) groups excluding carboxylic acids is 1. The van der Waals surface area contributed by atoms with Gasteiger partial charge in [-0.25, -0.2) is 4.98 Å². The van der Waals surface area contributed by atoms with E-state index < -0.39 is 0 Å². The van der Waals surface area contributed by atoms with Gasteiger partial charge < -0.3 is 10.6 Å². The van der Waals surface area contributed by atoms with Gasteiger partial charge in [-0.15, -0.1) is 11.3 Å². The van der Waals surface area contributed by atoms with Crippen molar-refractivity contribution in [3.8, 4) is 0 Å². The number of amides is 1. The smallest absolute Gasteiger partial charge is 0.270 e. The number of thiazole rings is 1. The number of hydrogen-bond donors (Lipinski definition) is 2. The Morgan fingerprint density at radius 1 is 1.15 bits per heavy atom. The standard InChI is InChI=1S/C22H27N3OS/c1-3-5-9-16(4-2)14-23-21(26)20-15-27-22(25-20)24-19-13-8-11-17-10-6-7-12-18(17)19/h6-8,10-13,15-16H,3-5,9,14H2,1-2H3,(H,23,26)(H,24,25). The van der Waals surface area contributed by atoms with Gasteiger partial charge in [0.15, 0.2) is 5.13 Å². The molecule has 1 heterocycles. The quantitative estimate of drug-likeness (QED) is 0.479. The third-order valence-corrected chi connectivity index (χ3v) is 5.62. The first-order valence-electron chi connectivity index (χ1n) is 9.69. The molecule has 0 aliphatic carbocycles. The third-order valence-electron chi connectivity index (χ3n) is 4.86. The average molecular weight is 382 g/mol. The molecule has 2 N–H and O–H groups in total. The fourth-order valence-corrected chi connectivity index (χ4v) is 3.86. The maximum atomic E-state index is 12.4. The van der Waals surface area contributed by atoms with Crippen LogP contribution in [0.15, 0.2) is 47.8 Å². The van der Waals surface area contributed by atoms with Gasteiger partial charge in [-0.1, -0.05) is 69.5 Å². The van der Waals surface area contributed by atoms with Crippen molar-refractivity contribution in [2.45, 2.75) is 39.5 Å². The summed E-state index contributed by atoms with van der Waals surface area (Å²) in [6.07, 6.45) is 4.66. The second-order valence-corrected chi connectivity index (χ2v) is 7.67. The van der Waals surface area contributed by atoms with Crippen LogP contribution < -0.4 is 10.6 Å². The molecular formula is C22H27N3OS. The molecule has 5 heteroatoms. The molecule has 0 fully saturated rings. The Labute approximate surface area is 165 Å². The van der Waals surface area contributed by atoms with Gasteiger partial charge in [0.05, 0.1) is 0 Å². The van der Waals surface area contributed by atoms with Crippen LogP contribution >= 0.6 is 11.3 Å². The monoisotopic (exact) mass is 381 g/mol. The topological polar surface area (TPSA) is 54.0 Å². The van der Waals surface area contributed by atoms with Gasteiger partial charge >= 0.3 is 0 Å². The molecule has 0 radical (unpaired) electrons. The number of anilines is 2. The number of nitrogens with one attached hydrogen (secondary N) is 2. The molecule has 0 saturated heterocycles. The Balaban J connectivity index is 1.63. The van der Waals surface area contributed by atoms with E-state index in [0.717, 1.165) is 35.6 Å². The first-order valence-corrected chi connectivity index (χ1v) is 10.6. The number of aromatic nitrogens is 1. The molecule has 0 bridgehead atoms. The van der Waals surface area contributed by atoms with Crippen LogP contribution in [0.2, 0.25) is 0 Å². The van der Waals surface area contributed by atoms with Crippen LogP contribution in [0.1, 0.15) is 50.0 Å². The van der Waals surface area contributed by atoms with Crippen LogP contribution in [0.4, 0.5) is 10.8 Å². The number of hydrogen-bond acceptors (Lipinski definition) is 4. The highest BCUT2D eigenvalue weighted by atomic mass is 32.1. The fourth-order valence-electron chi connectivity index (χ4n) is 3.16. The van der Waals surface area contributed by atoms with Crippen molar-refractivity contribution in [1.82, 2.24) is 10.3 Å².